The summed E-state index contributed by atoms with van der Waals surface area (Å²) in [6.45, 7) is 6.51. The highest BCUT2D eigenvalue weighted by atomic mass is 16.5. The Hall–Kier alpha value is -0.0800. The van der Waals surface area contributed by atoms with Crippen LogP contribution in [0.2, 0.25) is 0 Å². The first kappa shape index (κ1) is 15.4. The van der Waals surface area contributed by atoms with Crippen molar-refractivity contribution in [2.45, 2.75) is 72.0 Å². The van der Waals surface area contributed by atoms with Crippen molar-refractivity contribution in [2.75, 3.05) is 0 Å². The molecular weight excluding hydrogens is 164 g/mol. The number of aliphatic hydroxyl groups is 2. The quantitative estimate of drug-likeness (QED) is 0.499. The Morgan fingerprint density at radius 2 is 1.23 bits per heavy atom. The maximum Gasteiger partial charge on any atom is 0.151 e. The smallest absolute Gasteiger partial charge is 0.151 e. The molecule has 0 rings (SSSR count). The maximum atomic E-state index is 8.33. The molecule has 0 aromatic rings. The Kier molecular flexibility index (Phi) is 17.1. The lowest BCUT2D eigenvalue weighted by Gasteiger charge is -1.99. The van der Waals surface area contributed by atoms with Crippen LogP contribution in [-0.4, -0.2) is 16.5 Å². The van der Waals surface area contributed by atoms with Crippen molar-refractivity contribution >= 4 is 0 Å². The normalized spacial score (nSPS) is 9.69. The van der Waals surface area contributed by atoms with E-state index >= 15 is 0 Å². The third-order valence-electron chi connectivity index (χ3n) is 1.77. The molecule has 13 heavy (non-hydrogen) atoms. The van der Waals surface area contributed by atoms with Gasteiger partial charge in [0.1, 0.15) is 0 Å². The summed E-state index contributed by atoms with van der Waals surface area (Å²) in [7, 11) is 0. The molecule has 0 aromatic heterocycles. The van der Waals surface area contributed by atoms with Gasteiger partial charge in [0, 0.05) is 0 Å². The number of hydrogen-bond acceptors (Lipinski definition) is 2. The molecule has 0 aliphatic carbocycles. The Balaban J connectivity index is 0. The maximum absolute atomic E-state index is 8.33. The van der Waals surface area contributed by atoms with E-state index < -0.39 is 6.29 Å². The van der Waals surface area contributed by atoms with E-state index in [1.165, 1.54) is 19.3 Å². The number of unbranched alkanes of at least 4 members (excludes halogenated alkanes) is 4. The van der Waals surface area contributed by atoms with Crippen molar-refractivity contribution in [3.63, 3.8) is 0 Å². The number of aliphatic hydroxyl groups excluding tert-OH is 1. The monoisotopic (exact) mass is 190 g/mol. The van der Waals surface area contributed by atoms with Gasteiger partial charge in [0.05, 0.1) is 0 Å². The minimum absolute atomic E-state index is 0.522. The lowest BCUT2D eigenvalue weighted by Crippen LogP contribution is -2.02. The zero-order valence-corrected chi connectivity index (χ0v) is 9.42. The first-order valence-corrected chi connectivity index (χ1v) is 5.55. The van der Waals surface area contributed by atoms with Crippen LogP contribution in [0.1, 0.15) is 65.7 Å². The molecule has 0 radical (unpaired) electrons. The fraction of sp³-hybridized carbons (Fsp3) is 1.00. The van der Waals surface area contributed by atoms with Crippen molar-refractivity contribution < 1.29 is 10.2 Å². The molecule has 82 valence electrons. The van der Waals surface area contributed by atoms with E-state index in [9.17, 15) is 0 Å². The third-order valence-corrected chi connectivity index (χ3v) is 1.77. The zero-order chi connectivity index (χ0) is 10.5. The molecule has 0 aromatic carbocycles. The van der Waals surface area contributed by atoms with Gasteiger partial charge in [-0.1, -0.05) is 52.9 Å². The average molecular weight is 190 g/mol. The highest BCUT2D eigenvalue weighted by Crippen LogP contribution is 1.99. The van der Waals surface area contributed by atoms with Crippen molar-refractivity contribution in [1.82, 2.24) is 0 Å². The summed E-state index contributed by atoms with van der Waals surface area (Å²) < 4.78 is 0. The first-order chi connectivity index (χ1) is 6.18. The molecule has 0 amide bonds. The fourth-order valence-electron chi connectivity index (χ4n) is 0.930. The van der Waals surface area contributed by atoms with E-state index in [0.29, 0.717) is 6.42 Å². The first-order valence-electron chi connectivity index (χ1n) is 5.55. The molecule has 2 N–H and O–H groups in total. The van der Waals surface area contributed by atoms with E-state index in [-0.39, 0.29) is 0 Å². The minimum Gasteiger partial charge on any atom is -0.368 e. The minimum atomic E-state index is -1.10. The van der Waals surface area contributed by atoms with Crippen molar-refractivity contribution in [3.8, 4) is 0 Å². The Labute approximate surface area is 83.0 Å². The summed E-state index contributed by atoms with van der Waals surface area (Å²) in [5.74, 6) is 0. The van der Waals surface area contributed by atoms with Crippen molar-refractivity contribution in [2.24, 2.45) is 0 Å². The molecule has 0 heterocycles. The van der Waals surface area contributed by atoms with Gasteiger partial charge >= 0.3 is 0 Å². The lowest BCUT2D eigenvalue weighted by molar-refractivity contribution is -0.0465. The summed E-state index contributed by atoms with van der Waals surface area (Å²) in [5, 5.41) is 16.7. The fourth-order valence-corrected chi connectivity index (χ4v) is 0.930. The van der Waals surface area contributed by atoms with Gasteiger partial charge in [-0.15, -0.1) is 0 Å². The third kappa shape index (κ3) is 24.5. The van der Waals surface area contributed by atoms with E-state index in [4.69, 9.17) is 10.2 Å². The average Bonchev–Trinajstić information content (AvgIpc) is 2.07. The van der Waals surface area contributed by atoms with Gasteiger partial charge in [0.2, 0.25) is 0 Å². The largest absolute Gasteiger partial charge is 0.368 e. The highest BCUT2D eigenvalue weighted by Gasteiger charge is 1.93. The van der Waals surface area contributed by atoms with Gasteiger partial charge in [-0.3, -0.25) is 0 Å². The Bertz CT molecular complexity index is 70.5. The van der Waals surface area contributed by atoms with Gasteiger partial charge in [-0.2, -0.15) is 0 Å². The summed E-state index contributed by atoms with van der Waals surface area (Å²) in [6, 6.07) is 0. The molecule has 0 aliphatic heterocycles. The Morgan fingerprint density at radius 1 is 0.769 bits per heavy atom. The van der Waals surface area contributed by atoms with Crippen LogP contribution in [0.15, 0.2) is 0 Å². The predicted octanol–water partition coefficient (Wildman–Crippen LogP) is 3.07. The van der Waals surface area contributed by atoms with E-state index in [2.05, 4.69) is 20.8 Å². The van der Waals surface area contributed by atoms with Crippen molar-refractivity contribution in [1.29, 1.82) is 0 Å². The van der Waals surface area contributed by atoms with Gasteiger partial charge < -0.3 is 10.2 Å². The summed E-state index contributed by atoms with van der Waals surface area (Å²) in [4.78, 5) is 0. The molecule has 0 saturated carbocycles. The molecule has 0 aliphatic rings. The van der Waals surface area contributed by atoms with E-state index in [0.717, 1.165) is 19.3 Å². The van der Waals surface area contributed by atoms with Gasteiger partial charge in [0.25, 0.3) is 0 Å². The van der Waals surface area contributed by atoms with Gasteiger partial charge in [-0.25, -0.2) is 0 Å². The van der Waals surface area contributed by atoms with Crippen LogP contribution in [0, 0.1) is 0 Å². The van der Waals surface area contributed by atoms with Gasteiger partial charge in [-0.05, 0) is 12.8 Å². The topological polar surface area (TPSA) is 40.5 Å². The van der Waals surface area contributed by atoms with Crippen LogP contribution < -0.4 is 0 Å². The lowest BCUT2D eigenvalue weighted by atomic mass is 10.2. The standard InChI is InChI=1S/C6H14O2.C5H12/c1-2-3-4-5-6(7)8;1-3-5-4-2/h6-8H,2-5H2,1H3;3-5H2,1-2H3. The predicted molar refractivity (Wildman–Crippen MR) is 57.6 cm³/mol. The second-order valence-electron chi connectivity index (χ2n) is 3.33. The van der Waals surface area contributed by atoms with Gasteiger partial charge in [0.15, 0.2) is 6.29 Å². The molecule has 0 saturated heterocycles. The SMILES string of the molecule is CCCCC.CCCCCC(O)O. The van der Waals surface area contributed by atoms with Crippen LogP contribution in [0.25, 0.3) is 0 Å². The zero-order valence-electron chi connectivity index (χ0n) is 9.42. The van der Waals surface area contributed by atoms with Crippen LogP contribution in [0.4, 0.5) is 0 Å². The van der Waals surface area contributed by atoms with Crippen molar-refractivity contribution in [3.05, 3.63) is 0 Å². The number of hydrogen-bond donors (Lipinski definition) is 2. The number of rotatable bonds is 6. The molecular formula is C11H26O2. The second-order valence-corrected chi connectivity index (χ2v) is 3.33. The van der Waals surface area contributed by atoms with E-state index in [1.54, 1.807) is 0 Å². The molecule has 0 atom stereocenters. The molecule has 0 bridgehead atoms. The van der Waals surface area contributed by atoms with Crippen LogP contribution in [0.5, 0.6) is 0 Å². The summed E-state index contributed by atoms with van der Waals surface area (Å²) in [5.41, 5.74) is 0. The second kappa shape index (κ2) is 14.4. The van der Waals surface area contributed by atoms with Crippen LogP contribution >= 0.6 is 0 Å². The molecule has 0 spiro atoms. The van der Waals surface area contributed by atoms with E-state index in [1.807, 2.05) is 0 Å². The summed E-state index contributed by atoms with van der Waals surface area (Å²) in [6.07, 6.45) is 6.65. The molecule has 2 heteroatoms. The molecule has 0 unspecified atom stereocenters. The summed E-state index contributed by atoms with van der Waals surface area (Å²) >= 11 is 0. The van der Waals surface area contributed by atoms with Crippen LogP contribution in [0.3, 0.4) is 0 Å². The Morgan fingerprint density at radius 3 is 1.46 bits per heavy atom. The molecule has 0 fully saturated rings. The molecule has 2 nitrogen and oxygen atoms in total. The van der Waals surface area contributed by atoms with Crippen LogP contribution in [-0.2, 0) is 0 Å². The highest BCUT2D eigenvalue weighted by molar-refractivity contribution is 4.40.